The number of amides is 2. The molecule has 1 fully saturated rings. The first-order valence-corrected chi connectivity index (χ1v) is 11.4. The normalized spacial score (nSPS) is 14.3. The monoisotopic (exact) mass is 467 g/mol. The third-order valence-electron chi connectivity index (χ3n) is 4.43. The molecule has 1 heterocycles. The van der Waals surface area contributed by atoms with Gasteiger partial charge in [0.15, 0.2) is 0 Å². The van der Waals surface area contributed by atoms with E-state index in [0.717, 1.165) is 18.7 Å². The summed E-state index contributed by atoms with van der Waals surface area (Å²) in [7, 11) is 0. The number of rotatable bonds is 8. The number of morpholine rings is 1. The van der Waals surface area contributed by atoms with Gasteiger partial charge in [-0.15, -0.1) is 11.8 Å². The summed E-state index contributed by atoms with van der Waals surface area (Å²) in [5.74, 6) is 0.759. The quantitative estimate of drug-likeness (QED) is 0.610. The van der Waals surface area contributed by atoms with Crippen LogP contribution in [0.3, 0.4) is 0 Å². The standard InChI is InChI=1S/C21H23Cl2N3O3S/c22-16-2-1-15(19(23)11-16)13-30-14-21(28)25-18-5-3-17(4-6-18)24-20(27)12-26-7-9-29-10-8-26/h1-6,11H,7-10,12-14H2,(H,24,27)(H,25,28). The van der Waals surface area contributed by atoms with Crippen molar-refractivity contribution in [1.29, 1.82) is 0 Å². The highest BCUT2D eigenvalue weighted by Crippen LogP contribution is 2.24. The average Bonchev–Trinajstić information content (AvgIpc) is 2.72. The van der Waals surface area contributed by atoms with Crippen molar-refractivity contribution in [2.45, 2.75) is 5.75 Å². The van der Waals surface area contributed by atoms with Gasteiger partial charge in [-0.2, -0.15) is 0 Å². The molecule has 2 aromatic carbocycles. The summed E-state index contributed by atoms with van der Waals surface area (Å²) in [6.45, 7) is 3.19. The van der Waals surface area contributed by atoms with Crippen LogP contribution in [0.25, 0.3) is 0 Å². The van der Waals surface area contributed by atoms with Crippen molar-refractivity contribution in [3.63, 3.8) is 0 Å². The lowest BCUT2D eigenvalue weighted by molar-refractivity contribution is -0.118. The zero-order valence-electron chi connectivity index (χ0n) is 16.3. The van der Waals surface area contributed by atoms with E-state index >= 15 is 0 Å². The van der Waals surface area contributed by atoms with Gasteiger partial charge in [-0.05, 0) is 42.0 Å². The first-order valence-electron chi connectivity index (χ1n) is 9.51. The predicted octanol–water partition coefficient (Wildman–Crippen LogP) is 4.14. The predicted molar refractivity (Wildman–Crippen MR) is 124 cm³/mol. The van der Waals surface area contributed by atoms with Crippen molar-refractivity contribution in [3.8, 4) is 0 Å². The van der Waals surface area contributed by atoms with E-state index in [1.165, 1.54) is 11.8 Å². The van der Waals surface area contributed by atoms with E-state index in [4.69, 9.17) is 27.9 Å². The molecular weight excluding hydrogens is 445 g/mol. The van der Waals surface area contributed by atoms with E-state index in [2.05, 4.69) is 15.5 Å². The summed E-state index contributed by atoms with van der Waals surface area (Å²) in [6, 6.07) is 12.4. The molecule has 0 spiro atoms. The second-order valence-electron chi connectivity index (χ2n) is 6.79. The molecule has 1 aliphatic rings. The molecule has 0 aromatic heterocycles. The Labute approximate surface area is 190 Å². The first kappa shape index (κ1) is 22.9. The maximum atomic E-state index is 12.2. The molecule has 0 aliphatic carbocycles. The molecule has 2 amide bonds. The molecule has 2 N–H and O–H groups in total. The zero-order valence-corrected chi connectivity index (χ0v) is 18.7. The minimum atomic E-state index is -0.103. The number of hydrogen-bond acceptors (Lipinski definition) is 5. The number of hydrogen-bond donors (Lipinski definition) is 2. The van der Waals surface area contributed by atoms with E-state index in [0.29, 0.717) is 52.7 Å². The summed E-state index contributed by atoms with van der Waals surface area (Å²) in [5, 5.41) is 6.91. The molecule has 6 nitrogen and oxygen atoms in total. The van der Waals surface area contributed by atoms with Crippen LogP contribution in [0.1, 0.15) is 5.56 Å². The van der Waals surface area contributed by atoms with Crippen molar-refractivity contribution in [1.82, 2.24) is 4.90 Å². The van der Waals surface area contributed by atoms with E-state index in [1.807, 2.05) is 6.07 Å². The van der Waals surface area contributed by atoms with Crippen LogP contribution in [0.2, 0.25) is 10.0 Å². The highest BCUT2D eigenvalue weighted by molar-refractivity contribution is 7.99. The lowest BCUT2D eigenvalue weighted by Gasteiger charge is -2.25. The molecule has 2 aromatic rings. The van der Waals surface area contributed by atoms with Gasteiger partial charge in [0.05, 0.1) is 25.5 Å². The van der Waals surface area contributed by atoms with Gasteiger partial charge >= 0.3 is 0 Å². The van der Waals surface area contributed by atoms with Crippen molar-refractivity contribution in [2.24, 2.45) is 0 Å². The molecule has 3 rings (SSSR count). The van der Waals surface area contributed by atoms with E-state index in [9.17, 15) is 9.59 Å². The zero-order chi connectivity index (χ0) is 21.3. The van der Waals surface area contributed by atoms with Crippen LogP contribution in [-0.2, 0) is 20.1 Å². The van der Waals surface area contributed by atoms with Crippen LogP contribution >= 0.6 is 35.0 Å². The minimum Gasteiger partial charge on any atom is -0.379 e. The highest BCUT2D eigenvalue weighted by Gasteiger charge is 2.14. The van der Waals surface area contributed by atoms with Crippen molar-refractivity contribution in [3.05, 3.63) is 58.1 Å². The number of carbonyl (C=O) groups excluding carboxylic acids is 2. The Morgan fingerprint density at radius 1 is 0.967 bits per heavy atom. The van der Waals surface area contributed by atoms with Gasteiger partial charge in [0.1, 0.15) is 0 Å². The molecule has 30 heavy (non-hydrogen) atoms. The molecule has 0 saturated carbocycles. The Balaban J connectivity index is 1.39. The number of carbonyl (C=O) groups is 2. The van der Waals surface area contributed by atoms with Crippen LogP contribution in [0.4, 0.5) is 11.4 Å². The fraction of sp³-hybridized carbons (Fsp3) is 0.333. The van der Waals surface area contributed by atoms with Crippen LogP contribution in [0, 0.1) is 0 Å². The van der Waals surface area contributed by atoms with Crippen LogP contribution in [0.5, 0.6) is 0 Å². The summed E-state index contributed by atoms with van der Waals surface area (Å²) < 4.78 is 5.28. The van der Waals surface area contributed by atoms with Crippen molar-refractivity contribution >= 4 is 58.2 Å². The molecule has 1 saturated heterocycles. The molecule has 0 atom stereocenters. The van der Waals surface area contributed by atoms with Crippen LogP contribution < -0.4 is 10.6 Å². The SMILES string of the molecule is O=C(CSCc1ccc(Cl)cc1Cl)Nc1ccc(NC(=O)CN2CCOCC2)cc1. The lowest BCUT2D eigenvalue weighted by atomic mass is 10.2. The van der Waals surface area contributed by atoms with Gasteiger partial charge in [0, 0.05) is 40.3 Å². The minimum absolute atomic E-state index is 0.0639. The van der Waals surface area contributed by atoms with E-state index < -0.39 is 0 Å². The number of halogens is 2. The largest absolute Gasteiger partial charge is 0.379 e. The van der Waals surface area contributed by atoms with E-state index in [1.54, 1.807) is 36.4 Å². The number of nitrogens with zero attached hydrogens (tertiary/aromatic N) is 1. The van der Waals surface area contributed by atoms with E-state index in [-0.39, 0.29) is 11.8 Å². The summed E-state index contributed by atoms with van der Waals surface area (Å²) in [4.78, 5) is 26.4. The van der Waals surface area contributed by atoms with Crippen LogP contribution in [-0.4, -0.2) is 55.3 Å². The first-order chi connectivity index (χ1) is 14.5. The molecular formula is C21H23Cl2N3O3S. The fourth-order valence-electron chi connectivity index (χ4n) is 2.89. The Hall–Kier alpha value is -1.77. The average molecular weight is 468 g/mol. The smallest absolute Gasteiger partial charge is 0.238 e. The topological polar surface area (TPSA) is 70.7 Å². The maximum Gasteiger partial charge on any atom is 0.238 e. The van der Waals surface area contributed by atoms with Gasteiger partial charge in [0.25, 0.3) is 0 Å². The summed E-state index contributed by atoms with van der Waals surface area (Å²) in [6.07, 6.45) is 0. The Bertz CT molecular complexity index is 874. The molecule has 0 radical (unpaired) electrons. The molecule has 0 bridgehead atoms. The van der Waals surface area contributed by atoms with Crippen LogP contribution in [0.15, 0.2) is 42.5 Å². The van der Waals surface area contributed by atoms with Gasteiger partial charge < -0.3 is 15.4 Å². The van der Waals surface area contributed by atoms with Crippen molar-refractivity contribution in [2.75, 3.05) is 49.2 Å². The maximum absolute atomic E-state index is 12.2. The van der Waals surface area contributed by atoms with Gasteiger partial charge in [-0.3, -0.25) is 14.5 Å². The highest BCUT2D eigenvalue weighted by atomic mass is 35.5. The number of thioether (sulfide) groups is 1. The van der Waals surface area contributed by atoms with Gasteiger partial charge in [-0.25, -0.2) is 0 Å². The summed E-state index contributed by atoms with van der Waals surface area (Å²) >= 11 is 13.5. The van der Waals surface area contributed by atoms with Gasteiger partial charge in [-0.1, -0.05) is 29.3 Å². The Kier molecular flexibility index (Phi) is 8.84. The summed E-state index contributed by atoms with van der Waals surface area (Å²) in [5.41, 5.74) is 2.31. The molecule has 160 valence electrons. The number of anilines is 2. The number of nitrogens with one attached hydrogen (secondary N) is 2. The second-order valence-corrected chi connectivity index (χ2v) is 8.62. The Morgan fingerprint density at radius 3 is 2.23 bits per heavy atom. The second kappa shape index (κ2) is 11.6. The number of ether oxygens (including phenoxy) is 1. The fourth-order valence-corrected chi connectivity index (χ4v) is 4.28. The third kappa shape index (κ3) is 7.49. The molecule has 1 aliphatic heterocycles. The number of benzene rings is 2. The Morgan fingerprint density at radius 2 is 1.60 bits per heavy atom. The van der Waals surface area contributed by atoms with Gasteiger partial charge in [0.2, 0.25) is 11.8 Å². The molecule has 0 unspecified atom stereocenters. The van der Waals surface area contributed by atoms with Crippen molar-refractivity contribution < 1.29 is 14.3 Å². The third-order valence-corrected chi connectivity index (χ3v) is 6.00. The lowest BCUT2D eigenvalue weighted by Crippen LogP contribution is -2.41. The molecule has 9 heteroatoms.